The number of carbonyl (C=O) groups excluding carboxylic acids is 2. The van der Waals surface area contributed by atoms with Gasteiger partial charge in [-0.25, -0.2) is 9.59 Å². The van der Waals surface area contributed by atoms with E-state index in [4.69, 9.17) is 21.1 Å². The number of benzene rings is 1. The molecule has 0 aliphatic carbocycles. The van der Waals surface area contributed by atoms with E-state index in [1.807, 2.05) is 0 Å². The van der Waals surface area contributed by atoms with E-state index in [9.17, 15) is 9.59 Å². The molecule has 22 heavy (non-hydrogen) atoms. The van der Waals surface area contributed by atoms with Gasteiger partial charge in [0.1, 0.15) is 0 Å². The minimum absolute atomic E-state index is 0.0205. The molecule has 2 rings (SSSR count). The lowest BCUT2D eigenvalue weighted by molar-refractivity contribution is 0.0513. The molecule has 1 heterocycles. The average molecular weight is 323 g/mol. The highest BCUT2D eigenvalue weighted by molar-refractivity contribution is 6.31. The monoisotopic (exact) mass is 322 g/mol. The highest BCUT2D eigenvalue weighted by Gasteiger charge is 2.26. The molecule has 0 aliphatic heterocycles. The van der Waals surface area contributed by atoms with Crippen LogP contribution in [0.25, 0.3) is 11.1 Å². The molecule has 0 bridgehead atoms. The molecule has 2 aromatic rings. The summed E-state index contributed by atoms with van der Waals surface area (Å²) < 4.78 is 9.94. The van der Waals surface area contributed by atoms with Gasteiger partial charge in [0.05, 0.1) is 13.2 Å². The van der Waals surface area contributed by atoms with Crippen LogP contribution in [0.15, 0.2) is 24.3 Å². The Morgan fingerprint density at radius 3 is 2.50 bits per heavy atom. The van der Waals surface area contributed by atoms with E-state index in [2.05, 4.69) is 10.2 Å². The Labute approximate surface area is 132 Å². The second kappa shape index (κ2) is 7.09. The van der Waals surface area contributed by atoms with Crippen molar-refractivity contribution >= 4 is 23.5 Å². The molecular weight excluding hydrogens is 308 g/mol. The SMILES string of the molecule is CCOC(=O)c1n[nH]c(C(=O)OCC)c1-c1cccc(Cl)c1. The lowest BCUT2D eigenvalue weighted by atomic mass is 10.0. The van der Waals surface area contributed by atoms with Gasteiger partial charge in [-0.3, -0.25) is 5.10 Å². The topological polar surface area (TPSA) is 81.3 Å². The summed E-state index contributed by atoms with van der Waals surface area (Å²) in [5.74, 6) is -1.22. The van der Waals surface area contributed by atoms with E-state index >= 15 is 0 Å². The van der Waals surface area contributed by atoms with Crippen LogP contribution < -0.4 is 0 Å². The van der Waals surface area contributed by atoms with Crippen LogP contribution >= 0.6 is 11.6 Å². The van der Waals surface area contributed by atoms with Crippen molar-refractivity contribution in [3.8, 4) is 11.1 Å². The highest BCUT2D eigenvalue weighted by atomic mass is 35.5. The van der Waals surface area contributed by atoms with Gasteiger partial charge in [0.2, 0.25) is 0 Å². The van der Waals surface area contributed by atoms with Crippen molar-refractivity contribution in [3.63, 3.8) is 0 Å². The Bertz CT molecular complexity index is 661. The zero-order chi connectivity index (χ0) is 16.1. The van der Waals surface area contributed by atoms with E-state index in [-0.39, 0.29) is 24.6 Å². The minimum Gasteiger partial charge on any atom is -0.461 e. The quantitative estimate of drug-likeness (QED) is 0.855. The Morgan fingerprint density at radius 1 is 1.18 bits per heavy atom. The number of rotatable bonds is 5. The number of esters is 2. The maximum atomic E-state index is 12.0. The van der Waals surface area contributed by atoms with Crippen molar-refractivity contribution in [2.45, 2.75) is 13.8 Å². The van der Waals surface area contributed by atoms with Crippen molar-refractivity contribution in [3.05, 3.63) is 40.7 Å². The molecule has 0 fully saturated rings. The summed E-state index contributed by atoms with van der Waals surface area (Å²) in [6, 6.07) is 6.77. The zero-order valence-electron chi connectivity index (χ0n) is 12.2. The van der Waals surface area contributed by atoms with Crippen LogP contribution in [0.3, 0.4) is 0 Å². The first-order chi connectivity index (χ1) is 10.6. The Balaban J connectivity index is 2.57. The van der Waals surface area contributed by atoms with Crippen molar-refractivity contribution in [1.82, 2.24) is 10.2 Å². The first-order valence-electron chi connectivity index (χ1n) is 6.77. The van der Waals surface area contributed by atoms with Gasteiger partial charge in [-0.05, 0) is 31.5 Å². The number of ether oxygens (including phenoxy) is 2. The lowest BCUT2D eigenvalue weighted by Gasteiger charge is -2.06. The number of aromatic nitrogens is 2. The molecule has 0 saturated heterocycles. The Morgan fingerprint density at radius 2 is 1.86 bits per heavy atom. The van der Waals surface area contributed by atoms with Gasteiger partial charge in [-0.2, -0.15) is 5.10 Å². The second-order valence-corrected chi connectivity index (χ2v) is 4.71. The third-order valence-corrected chi connectivity index (χ3v) is 3.06. The average Bonchev–Trinajstić information content (AvgIpc) is 2.92. The molecular formula is C15H15ClN2O4. The third-order valence-electron chi connectivity index (χ3n) is 2.83. The predicted molar refractivity (Wildman–Crippen MR) is 80.9 cm³/mol. The summed E-state index contributed by atoms with van der Waals surface area (Å²) in [5, 5.41) is 6.92. The van der Waals surface area contributed by atoms with Gasteiger partial charge in [0, 0.05) is 10.6 Å². The van der Waals surface area contributed by atoms with Crippen LogP contribution in [0.2, 0.25) is 5.02 Å². The summed E-state index contributed by atoms with van der Waals surface area (Å²) in [6.07, 6.45) is 0. The Kier molecular flexibility index (Phi) is 5.16. The number of H-pyrrole nitrogens is 1. The van der Waals surface area contributed by atoms with Crippen molar-refractivity contribution in [1.29, 1.82) is 0 Å². The maximum Gasteiger partial charge on any atom is 0.359 e. The summed E-state index contributed by atoms with van der Waals surface area (Å²) in [6.45, 7) is 3.80. The molecule has 0 amide bonds. The third kappa shape index (κ3) is 3.28. The first-order valence-corrected chi connectivity index (χ1v) is 7.14. The molecule has 0 atom stereocenters. The molecule has 116 valence electrons. The number of nitrogens with one attached hydrogen (secondary N) is 1. The lowest BCUT2D eigenvalue weighted by Crippen LogP contribution is -2.09. The van der Waals surface area contributed by atoms with Gasteiger partial charge >= 0.3 is 11.9 Å². The minimum atomic E-state index is -0.621. The molecule has 6 nitrogen and oxygen atoms in total. The van der Waals surface area contributed by atoms with Crippen LogP contribution in [-0.4, -0.2) is 35.3 Å². The Hall–Kier alpha value is -2.34. The van der Waals surface area contributed by atoms with Gasteiger partial charge < -0.3 is 9.47 Å². The highest BCUT2D eigenvalue weighted by Crippen LogP contribution is 2.29. The second-order valence-electron chi connectivity index (χ2n) is 4.27. The molecule has 0 saturated carbocycles. The van der Waals surface area contributed by atoms with Crippen LogP contribution in [0.1, 0.15) is 34.8 Å². The summed E-state index contributed by atoms with van der Waals surface area (Å²) in [5.41, 5.74) is 1.01. The summed E-state index contributed by atoms with van der Waals surface area (Å²) in [7, 11) is 0. The van der Waals surface area contributed by atoms with Crippen molar-refractivity contribution < 1.29 is 19.1 Å². The number of hydrogen-bond donors (Lipinski definition) is 1. The van der Waals surface area contributed by atoms with E-state index in [1.54, 1.807) is 38.1 Å². The van der Waals surface area contributed by atoms with Gasteiger partial charge in [-0.15, -0.1) is 0 Å². The van der Waals surface area contributed by atoms with Gasteiger partial charge in [0.15, 0.2) is 11.4 Å². The fourth-order valence-electron chi connectivity index (χ4n) is 1.97. The molecule has 0 aliphatic rings. The summed E-state index contributed by atoms with van der Waals surface area (Å²) >= 11 is 5.98. The number of carbonyl (C=O) groups is 2. The first kappa shape index (κ1) is 16.0. The largest absolute Gasteiger partial charge is 0.461 e. The van der Waals surface area contributed by atoms with Crippen molar-refractivity contribution in [2.24, 2.45) is 0 Å². The fraction of sp³-hybridized carbons (Fsp3) is 0.267. The van der Waals surface area contributed by atoms with Gasteiger partial charge in [-0.1, -0.05) is 23.7 Å². The zero-order valence-corrected chi connectivity index (χ0v) is 12.9. The molecule has 1 aromatic carbocycles. The van der Waals surface area contributed by atoms with Crippen LogP contribution in [0.5, 0.6) is 0 Å². The van der Waals surface area contributed by atoms with Gasteiger partial charge in [0.25, 0.3) is 0 Å². The van der Waals surface area contributed by atoms with Crippen LogP contribution in [0.4, 0.5) is 0 Å². The molecule has 1 aromatic heterocycles. The van der Waals surface area contributed by atoms with E-state index in [0.717, 1.165) is 0 Å². The standard InChI is InChI=1S/C15H15ClN2O4/c1-3-21-14(19)12-11(9-6-5-7-10(16)8-9)13(18-17-12)15(20)22-4-2/h5-8H,3-4H2,1-2H3,(H,17,18). The normalized spacial score (nSPS) is 10.3. The molecule has 0 radical (unpaired) electrons. The smallest absolute Gasteiger partial charge is 0.359 e. The van der Waals surface area contributed by atoms with E-state index < -0.39 is 11.9 Å². The number of hydrogen-bond acceptors (Lipinski definition) is 5. The maximum absolute atomic E-state index is 12.0. The van der Waals surface area contributed by atoms with Crippen LogP contribution in [-0.2, 0) is 9.47 Å². The van der Waals surface area contributed by atoms with Crippen LogP contribution in [0, 0.1) is 0 Å². The number of aromatic amines is 1. The fourth-order valence-corrected chi connectivity index (χ4v) is 2.16. The number of nitrogens with zero attached hydrogens (tertiary/aromatic N) is 1. The molecule has 7 heteroatoms. The molecule has 1 N–H and O–H groups in total. The molecule has 0 unspecified atom stereocenters. The number of halogens is 1. The summed E-state index contributed by atoms with van der Waals surface area (Å²) in [4.78, 5) is 24.1. The van der Waals surface area contributed by atoms with E-state index in [0.29, 0.717) is 16.1 Å². The molecule has 0 spiro atoms. The van der Waals surface area contributed by atoms with E-state index in [1.165, 1.54) is 0 Å². The predicted octanol–water partition coefficient (Wildman–Crippen LogP) is 3.08. The van der Waals surface area contributed by atoms with Crippen molar-refractivity contribution in [2.75, 3.05) is 13.2 Å².